The molecule has 0 atom stereocenters. The van der Waals surface area contributed by atoms with Crippen molar-refractivity contribution in [2.24, 2.45) is 0 Å². The van der Waals surface area contributed by atoms with E-state index in [0.29, 0.717) is 11.3 Å². The lowest BCUT2D eigenvalue weighted by molar-refractivity contribution is -0.116. The van der Waals surface area contributed by atoms with Gasteiger partial charge in [-0.05, 0) is 49.6 Å². The third-order valence-electron chi connectivity index (χ3n) is 3.44. The largest absolute Gasteiger partial charge is 0.457 e. The Morgan fingerprint density at radius 1 is 1.38 bits per heavy atom. The normalized spacial score (nSPS) is 14.5. The van der Waals surface area contributed by atoms with Crippen LogP contribution in [-0.2, 0) is 4.79 Å². The van der Waals surface area contributed by atoms with Crippen LogP contribution in [0.5, 0.6) is 5.75 Å². The van der Waals surface area contributed by atoms with Gasteiger partial charge in [0, 0.05) is 12.6 Å². The zero-order valence-electron chi connectivity index (χ0n) is 12.8. The topological polar surface area (TPSA) is 38.3 Å². The lowest BCUT2D eigenvalue weighted by atomic mass is 10.0. The van der Waals surface area contributed by atoms with E-state index in [1.165, 1.54) is 0 Å². The van der Waals surface area contributed by atoms with Crippen molar-refractivity contribution in [3.8, 4) is 5.75 Å². The van der Waals surface area contributed by atoms with E-state index < -0.39 is 0 Å². The summed E-state index contributed by atoms with van der Waals surface area (Å²) in [5.74, 6) is 1.39. The highest BCUT2D eigenvalue weighted by molar-refractivity contribution is 5.97. The quantitative estimate of drug-likeness (QED) is 0.915. The highest BCUT2D eigenvalue weighted by atomic mass is 16.5. The van der Waals surface area contributed by atoms with Crippen LogP contribution >= 0.6 is 0 Å². The zero-order valence-corrected chi connectivity index (χ0v) is 12.8. The first-order chi connectivity index (χ1) is 10.1. The van der Waals surface area contributed by atoms with E-state index in [4.69, 9.17) is 4.74 Å². The summed E-state index contributed by atoms with van der Waals surface area (Å²) >= 11 is 0. The van der Waals surface area contributed by atoms with E-state index >= 15 is 0 Å². The number of hydrogen-bond donors (Lipinski definition) is 1. The molecule has 21 heavy (non-hydrogen) atoms. The van der Waals surface area contributed by atoms with Gasteiger partial charge in [0.1, 0.15) is 11.5 Å². The second kappa shape index (κ2) is 6.93. The van der Waals surface area contributed by atoms with E-state index in [0.717, 1.165) is 29.7 Å². The summed E-state index contributed by atoms with van der Waals surface area (Å²) in [7, 11) is 1.65. The number of likely N-dealkylation sites (N-methyl/N-ethyl adjacent to an activating group) is 1. The first-order valence-corrected chi connectivity index (χ1v) is 7.21. The minimum Gasteiger partial charge on any atom is -0.457 e. The Morgan fingerprint density at radius 2 is 2.19 bits per heavy atom. The van der Waals surface area contributed by atoms with Crippen molar-refractivity contribution in [2.75, 3.05) is 7.05 Å². The molecule has 0 fully saturated rings. The van der Waals surface area contributed by atoms with Crippen LogP contribution in [0.3, 0.4) is 0 Å². The van der Waals surface area contributed by atoms with E-state index in [2.05, 4.69) is 12.2 Å². The van der Waals surface area contributed by atoms with Gasteiger partial charge in [-0.2, -0.15) is 0 Å². The van der Waals surface area contributed by atoms with E-state index in [-0.39, 0.29) is 5.91 Å². The highest BCUT2D eigenvalue weighted by Crippen LogP contribution is 2.23. The number of amides is 1. The summed E-state index contributed by atoms with van der Waals surface area (Å²) < 4.78 is 5.89. The summed E-state index contributed by atoms with van der Waals surface area (Å²) in [6, 6.07) is 7.87. The lowest BCUT2D eigenvalue weighted by Gasteiger charge is -2.09. The third kappa shape index (κ3) is 3.85. The molecule has 1 N–H and O–H groups in total. The maximum absolute atomic E-state index is 12.0. The Hall–Kier alpha value is -2.29. The van der Waals surface area contributed by atoms with Gasteiger partial charge >= 0.3 is 0 Å². The molecule has 110 valence electrons. The maximum Gasteiger partial charge on any atom is 0.251 e. The van der Waals surface area contributed by atoms with Gasteiger partial charge < -0.3 is 10.1 Å². The van der Waals surface area contributed by atoms with Crippen LogP contribution in [0.15, 0.2) is 59.4 Å². The second-order valence-corrected chi connectivity index (χ2v) is 5.02. The summed E-state index contributed by atoms with van der Waals surface area (Å²) in [6.45, 7) is 4.08. The molecule has 0 heterocycles. The van der Waals surface area contributed by atoms with Crippen LogP contribution in [0.2, 0.25) is 0 Å². The molecule has 2 rings (SSSR count). The average molecular weight is 283 g/mol. The van der Waals surface area contributed by atoms with Gasteiger partial charge in [0.25, 0.3) is 5.91 Å². The van der Waals surface area contributed by atoms with Gasteiger partial charge in [-0.15, -0.1) is 0 Å². The van der Waals surface area contributed by atoms with Crippen LogP contribution < -0.4 is 10.1 Å². The molecule has 1 aromatic carbocycles. The van der Waals surface area contributed by atoms with Gasteiger partial charge in [-0.25, -0.2) is 0 Å². The molecular formula is C18H21NO2. The molecule has 0 saturated heterocycles. The van der Waals surface area contributed by atoms with Crippen LogP contribution in [-0.4, -0.2) is 13.0 Å². The first-order valence-electron chi connectivity index (χ1n) is 7.21. The third-order valence-corrected chi connectivity index (χ3v) is 3.44. The molecule has 3 heteroatoms. The SMILES string of the molecule is CCC1=C(C(=O)NC)C=C(Oc2cccc(C)c2)C=CC1. The van der Waals surface area contributed by atoms with Gasteiger partial charge in [0.15, 0.2) is 0 Å². The molecule has 0 bridgehead atoms. The Labute approximate surface area is 126 Å². The molecule has 3 nitrogen and oxygen atoms in total. The summed E-state index contributed by atoms with van der Waals surface area (Å²) in [6.07, 6.45) is 7.41. The number of benzene rings is 1. The van der Waals surface area contributed by atoms with Gasteiger partial charge in [-0.1, -0.05) is 30.7 Å². The summed E-state index contributed by atoms with van der Waals surface area (Å²) in [5.41, 5.74) is 2.96. The smallest absolute Gasteiger partial charge is 0.251 e. The first kappa shape index (κ1) is 15.1. The molecule has 0 saturated carbocycles. The summed E-state index contributed by atoms with van der Waals surface area (Å²) in [4.78, 5) is 12.0. The fourth-order valence-electron chi connectivity index (χ4n) is 2.29. The number of ether oxygens (including phenoxy) is 1. The van der Waals surface area contributed by atoms with E-state index in [9.17, 15) is 4.79 Å². The van der Waals surface area contributed by atoms with Crippen molar-refractivity contribution >= 4 is 5.91 Å². The Balaban J connectivity index is 2.32. The van der Waals surface area contributed by atoms with Crippen LogP contribution in [0.1, 0.15) is 25.3 Å². The number of rotatable bonds is 4. The molecule has 0 radical (unpaired) electrons. The number of carbonyl (C=O) groups is 1. The predicted octanol–water partition coefficient (Wildman–Crippen LogP) is 3.67. The van der Waals surface area contributed by atoms with Crippen molar-refractivity contribution in [1.82, 2.24) is 5.32 Å². The fraction of sp³-hybridized carbons (Fsp3) is 0.278. The molecule has 0 spiro atoms. The monoisotopic (exact) mass is 283 g/mol. The second-order valence-electron chi connectivity index (χ2n) is 5.02. The molecule has 1 aliphatic rings. The van der Waals surface area contributed by atoms with Crippen molar-refractivity contribution in [2.45, 2.75) is 26.7 Å². The van der Waals surface area contributed by atoms with Crippen molar-refractivity contribution in [3.63, 3.8) is 0 Å². The minimum absolute atomic E-state index is 0.0686. The van der Waals surface area contributed by atoms with Gasteiger partial charge in [0.2, 0.25) is 0 Å². The van der Waals surface area contributed by atoms with Crippen LogP contribution in [0.25, 0.3) is 0 Å². The van der Waals surface area contributed by atoms with Crippen LogP contribution in [0, 0.1) is 6.92 Å². The van der Waals surface area contributed by atoms with Crippen LogP contribution in [0.4, 0.5) is 0 Å². The lowest BCUT2D eigenvalue weighted by Crippen LogP contribution is -2.20. The summed E-state index contributed by atoms with van der Waals surface area (Å²) in [5, 5.41) is 2.70. The Kier molecular flexibility index (Phi) is 4.99. The molecular weight excluding hydrogens is 262 g/mol. The standard InChI is InChI=1S/C18H21NO2/c1-4-14-8-6-10-16(12-17(14)18(20)19-3)21-15-9-5-7-13(2)11-15/h5-7,9-12H,4,8H2,1-3H3,(H,19,20). The van der Waals surface area contributed by atoms with Crippen molar-refractivity contribution in [3.05, 3.63) is 65.0 Å². The maximum atomic E-state index is 12.0. The zero-order chi connectivity index (χ0) is 15.2. The number of carbonyl (C=O) groups excluding carboxylic acids is 1. The van der Waals surface area contributed by atoms with Crippen molar-refractivity contribution < 1.29 is 9.53 Å². The molecule has 0 aliphatic heterocycles. The highest BCUT2D eigenvalue weighted by Gasteiger charge is 2.14. The van der Waals surface area contributed by atoms with E-state index in [1.54, 1.807) is 7.05 Å². The molecule has 0 aromatic heterocycles. The molecule has 0 unspecified atom stereocenters. The van der Waals surface area contributed by atoms with E-state index in [1.807, 2.05) is 49.4 Å². The minimum atomic E-state index is -0.0686. The molecule has 1 amide bonds. The number of allylic oxidation sites excluding steroid dienone is 3. The Morgan fingerprint density at radius 3 is 2.86 bits per heavy atom. The van der Waals surface area contributed by atoms with Gasteiger partial charge in [-0.3, -0.25) is 4.79 Å². The number of hydrogen-bond acceptors (Lipinski definition) is 2. The molecule has 1 aliphatic carbocycles. The average Bonchev–Trinajstić information content (AvgIpc) is 2.68. The fourth-order valence-corrected chi connectivity index (χ4v) is 2.29. The number of aryl methyl sites for hydroxylation is 1. The number of nitrogens with one attached hydrogen (secondary N) is 1. The van der Waals surface area contributed by atoms with Gasteiger partial charge in [0.05, 0.1) is 0 Å². The Bertz CT molecular complexity index is 624. The molecule has 1 aromatic rings. The van der Waals surface area contributed by atoms with Crippen molar-refractivity contribution in [1.29, 1.82) is 0 Å². The predicted molar refractivity (Wildman–Crippen MR) is 85.0 cm³/mol.